The van der Waals surface area contributed by atoms with Crippen molar-refractivity contribution >= 4 is 17.0 Å². The number of nitrogens with one attached hydrogen (secondary N) is 1. The fourth-order valence-corrected chi connectivity index (χ4v) is 2.82. The normalized spacial score (nSPS) is 14.1. The molecule has 0 saturated carbocycles. The smallest absolute Gasteiger partial charge is 0.269 e. The van der Waals surface area contributed by atoms with Gasteiger partial charge in [-0.05, 0) is 19.8 Å². The number of rotatable bonds is 2. The van der Waals surface area contributed by atoms with Crippen LogP contribution >= 0.6 is 11.3 Å². The van der Waals surface area contributed by atoms with E-state index in [2.05, 4.69) is 15.4 Å². The minimum absolute atomic E-state index is 0.0731. The molecular formula is C12H14N4OS. The van der Waals surface area contributed by atoms with Crippen LogP contribution in [0.4, 0.5) is 5.69 Å². The number of nitrogens with zero attached hydrogens (tertiary/aromatic N) is 3. The molecule has 0 spiro atoms. The zero-order valence-corrected chi connectivity index (χ0v) is 11.0. The van der Waals surface area contributed by atoms with E-state index in [1.807, 2.05) is 12.3 Å². The molecule has 0 saturated heterocycles. The first kappa shape index (κ1) is 11.4. The minimum Gasteiger partial charge on any atom is -0.383 e. The van der Waals surface area contributed by atoms with Crippen LogP contribution in [0, 0.1) is 6.92 Å². The summed E-state index contributed by atoms with van der Waals surface area (Å²) >= 11 is 1.56. The van der Waals surface area contributed by atoms with E-state index in [0.717, 1.165) is 41.5 Å². The zero-order valence-electron chi connectivity index (χ0n) is 10.1. The molecule has 0 amide bonds. The Kier molecular flexibility index (Phi) is 2.87. The standard InChI is InChI=1S/C12H14N4OS/c1-8-7-18-11(14-8)6-16-12(17)5-10-9(15-16)3-2-4-13-10/h5,7,13H,2-4,6H2,1H3. The van der Waals surface area contributed by atoms with Gasteiger partial charge in [-0.2, -0.15) is 5.10 Å². The van der Waals surface area contributed by atoms with Gasteiger partial charge in [-0.3, -0.25) is 4.79 Å². The Morgan fingerprint density at radius 1 is 1.56 bits per heavy atom. The molecule has 18 heavy (non-hydrogen) atoms. The van der Waals surface area contributed by atoms with Crippen molar-refractivity contribution < 1.29 is 0 Å². The van der Waals surface area contributed by atoms with Gasteiger partial charge in [0.25, 0.3) is 5.56 Å². The topological polar surface area (TPSA) is 59.8 Å². The second-order valence-corrected chi connectivity index (χ2v) is 5.36. The predicted octanol–water partition coefficient (Wildman–Crippen LogP) is 1.41. The maximum Gasteiger partial charge on any atom is 0.269 e. The molecule has 1 aliphatic heterocycles. The van der Waals surface area contributed by atoms with Crippen LogP contribution in [0.3, 0.4) is 0 Å². The zero-order chi connectivity index (χ0) is 12.5. The Morgan fingerprint density at radius 3 is 3.22 bits per heavy atom. The van der Waals surface area contributed by atoms with Crippen LogP contribution in [0.15, 0.2) is 16.2 Å². The molecule has 94 valence electrons. The van der Waals surface area contributed by atoms with E-state index < -0.39 is 0 Å². The average molecular weight is 262 g/mol. The lowest BCUT2D eigenvalue weighted by Gasteiger charge is -2.17. The number of aromatic nitrogens is 3. The predicted molar refractivity (Wildman–Crippen MR) is 71.3 cm³/mol. The van der Waals surface area contributed by atoms with Crippen molar-refractivity contribution in [1.82, 2.24) is 14.8 Å². The molecule has 2 aromatic heterocycles. The van der Waals surface area contributed by atoms with Crippen LogP contribution in [0.2, 0.25) is 0 Å². The molecule has 0 aromatic carbocycles. The first-order valence-corrected chi connectivity index (χ1v) is 6.86. The third-order valence-corrected chi connectivity index (χ3v) is 3.88. The fourth-order valence-electron chi connectivity index (χ4n) is 2.06. The summed E-state index contributed by atoms with van der Waals surface area (Å²) in [6, 6.07) is 1.64. The Hall–Kier alpha value is -1.69. The summed E-state index contributed by atoms with van der Waals surface area (Å²) in [5.41, 5.74) is 2.78. The minimum atomic E-state index is -0.0731. The van der Waals surface area contributed by atoms with Crippen LogP contribution in [-0.4, -0.2) is 21.3 Å². The molecule has 0 bridgehead atoms. The van der Waals surface area contributed by atoms with Gasteiger partial charge >= 0.3 is 0 Å². The van der Waals surface area contributed by atoms with Crippen molar-refractivity contribution in [2.75, 3.05) is 11.9 Å². The molecule has 0 atom stereocenters. The monoisotopic (exact) mass is 262 g/mol. The Morgan fingerprint density at radius 2 is 2.44 bits per heavy atom. The number of anilines is 1. The molecule has 1 aliphatic rings. The van der Waals surface area contributed by atoms with Crippen molar-refractivity contribution in [3.05, 3.63) is 38.2 Å². The number of thiazole rings is 1. The van der Waals surface area contributed by atoms with E-state index in [-0.39, 0.29) is 5.56 Å². The lowest BCUT2D eigenvalue weighted by Crippen LogP contribution is -2.27. The van der Waals surface area contributed by atoms with Crippen LogP contribution in [0.5, 0.6) is 0 Å². The highest BCUT2D eigenvalue weighted by atomic mass is 32.1. The van der Waals surface area contributed by atoms with Gasteiger partial charge in [-0.15, -0.1) is 11.3 Å². The van der Waals surface area contributed by atoms with Crippen molar-refractivity contribution in [1.29, 1.82) is 0 Å². The average Bonchev–Trinajstić information content (AvgIpc) is 2.76. The maximum absolute atomic E-state index is 11.9. The van der Waals surface area contributed by atoms with Gasteiger partial charge in [0.05, 0.1) is 17.9 Å². The molecule has 6 heteroatoms. The van der Waals surface area contributed by atoms with Gasteiger partial charge in [0, 0.05) is 23.7 Å². The molecule has 1 N–H and O–H groups in total. The van der Waals surface area contributed by atoms with Crippen LogP contribution in [0.25, 0.3) is 0 Å². The Bertz CT molecular complexity index is 631. The molecule has 0 aliphatic carbocycles. The first-order chi connectivity index (χ1) is 8.72. The van der Waals surface area contributed by atoms with E-state index in [4.69, 9.17) is 0 Å². The SMILES string of the molecule is Cc1csc(Cn2nc3c(cc2=O)NCCC3)n1. The molecule has 3 heterocycles. The molecule has 3 rings (SSSR count). The lowest BCUT2D eigenvalue weighted by molar-refractivity contribution is 0.605. The quantitative estimate of drug-likeness (QED) is 0.889. The van der Waals surface area contributed by atoms with Crippen molar-refractivity contribution in [2.24, 2.45) is 0 Å². The third-order valence-electron chi connectivity index (χ3n) is 2.93. The van der Waals surface area contributed by atoms with E-state index in [9.17, 15) is 4.79 Å². The van der Waals surface area contributed by atoms with Gasteiger partial charge in [0.1, 0.15) is 5.01 Å². The molecule has 2 aromatic rings. The molecule has 0 unspecified atom stereocenters. The summed E-state index contributed by atoms with van der Waals surface area (Å²) in [6.45, 7) is 3.33. The Balaban J connectivity index is 1.94. The van der Waals surface area contributed by atoms with Crippen LogP contribution in [-0.2, 0) is 13.0 Å². The fraction of sp³-hybridized carbons (Fsp3) is 0.417. The second-order valence-electron chi connectivity index (χ2n) is 4.41. The van der Waals surface area contributed by atoms with Gasteiger partial charge in [0.2, 0.25) is 0 Å². The summed E-state index contributed by atoms with van der Waals surface area (Å²) < 4.78 is 1.50. The molecular weight excluding hydrogens is 248 g/mol. The van der Waals surface area contributed by atoms with E-state index in [1.54, 1.807) is 17.4 Å². The summed E-state index contributed by atoms with van der Waals surface area (Å²) in [6.07, 6.45) is 1.99. The lowest BCUT2D eigenvalue weighted by atomic mass is 10.1. The van der Waals surface area contributed by atoms with Crippen molar-refractivity contribution in [2.45, 2.75) is 26.3 Å². The second kappa shape index (κ2) is 4.53. The molecule has 0 radical (unpaired) electrons. The van der Waals surface area contributed by atoms with E-state index in [0.29, 0.717) is 6.54 Å². The summed E-state index contributed by atoms with van der Waals surface area (Å²) in [7, 11) is 0. The van der Waals surface area contributed by atoms with Crippen molar-refractivity contribution in [3.8, 4) is 0 Å². The number of fused-ring (bicyclic) bond motifs is 1. The van der Waals surface area contributed by atoms with Crippen LogP contribution < -0.4 is 10.9 Å². The van der Waals surface area contributed by atoms with Gasteiger partial charge in [0.15, 0.2) is 0 Å². The van der Waals surface area contributed by atoms with Gasteiger partial charge in [-0.25, -0.2) is 9.67 Å². The highest BCUT2D eigenvalue weighted by Gasteiger charge is 2.13. The molecule has 0 fully saturated rings. The summed E-state index contributed by atoms with van der Waals surface area (Å²) in [5, 5.41) is 10.5. The van der Waals surface area contributed by atoms with Crippen molar-refractivity contribution in [3.63, 3.8) is 0 Å². The first-order valence-electron chi connectivity index (χ1n) is 5.98. The summed E-state index contributed by atoms with van der Waals surface area (Å²) in [4.78, 5) is 16.3. The van der Waals surface area contributed by atoms with Gasteiger partial charge < -0.3 is 5.32 Å². The Labute approximate surface area is 108 Å². The van der Waals surface area contributed by atoms with E-state index >= 15 is 0 Å². The van der Waals surface area contributed by atoms with Gasteiger partial charge in [-0.1, -0.05) is 0 Å². The highest BCUT2D eigenvalue weighted by molar-refractivity contribution is 7.09. The largest absolute Gasteiger partial charge is 0.383 e. The summed E-state index contributed by atoms with van der Waals surface area (Å²) in [5.74, 6) is 0. The maximum atomic E-state index is 11.9. The highest BCUT2D eigenvalue weighted by Crippen LogP contribution is 2.17. The number of hydrogen-bond acceptors (Lipinski definition) is 5. The molecule has 5 nitrogen and oxygen atoms in total. The third kappa shape index (κ3) is 2.15. The number of hydrogen-bond donors (Lipinski definition) is 1. The van der Waals surface area contributed by atoms with Crippen LogP contribution in [0.1, 0.15) is 22.8 Å². The van der Waals surface area contributed by atoms with E-state index in [1.165, 1.54) is 4.68 Å². The number of aryl methyl sites for hydroxylation is 2.